The van der Waals surface area contributed by atoms with Gasteiger partial charge in [-0.15, -0.1) is 0 Å². The number of nitrogens with one attached hydrogen (secondary N) is 2. The van der Waals surface area contributed by atoms with E-state index in [0.29, 0.717) is 35.4 Å². The van der Waals surface area contributed by atoms with Crippen molar-refractivity contribution in [1.82, 2.24) is 14.2 Å². The van der Waals surface area contributed by atoms with E-state index in [1.165, 1.54) is 34.3 Å². The van der Waals surface area contributed by atoms with Gasteiger partial charge in [-0.25, -0.2) is 8.42 Å². The van der Waals surface area contributed by atoms with Crippen LogP contribution < -0.4 is 10.9 Å². The number of ether oxygens (including phenoxy) is 1. The minimum Gasteiger partial charge on any atom is -0.379 e. The quantitative estimate of drug-likeness (QED) is 0.533. The predicted molar refractivity (Wildman–Crippen MR) is 131 cm³/mol. The second kappa shape index (κ2) is 9.98. The van der Waals surface area contributed by atoms with Crippen LogP contribution in [0.25, 0.3) is 10.9 Å². The van der Waals surface area contributed by atoms with Crippen molar-refractivity contribution < 1.29 is 22.7 Å². The molecule has 0 aliphatic carbocycles. The number of benzene rings is 2. The number of sulfonamides is 1. The van der Waals surface area contributed by atoms with Crippen LogP contribution in [0, 0.1) is 0 Å². The third-order valence-corrected chi connectivity index (χ3v) is 7.77. The Hall–Kier alpha value is -3.54. The van der Waals surface area contributed by atoms with Crippen LogP contribution in [0.5, 0.6) is 0 Å². The zero-order chi connectivity index (χ0) is 25.2. The molecule has 4 rings (SSSR count). The lowest BCUT2D eigenvalue weighted by molar-refractivity contribution is -0.128. The van der Waals surface area contributed by atoms with E-state index in [-0.39, 0.29) is 36.0 Å². The van der Waals surface area contributed by atoms with Gasteiger partial charge >= 0.3 is 0 Å². The Morgan fingerprint density at radius 3 is 2.54 bits per heavy atom. The molecule has 2 N–H and O–H groups in total. The lowest BCUT2D eigenvalue weighted by atomic mass is 10.1. The standard InChI is InChI=1S/C24H26N4O6S/c1-16(29)27(2)15-17-5-3-4-6-21(17)26-24(31)20-14-23(30)25-22-8-7-18(13-19(20)22)35(32,33)28-9-11-34-12-10-28/h3-8,13-14H,9-12,15H2,1-2H3,(H,25,30)(H,26,31). The number of hydrogen-bond donors (Lipinski definition) is 2. The van der Waals surface area contributed by atoms with Crippen LogP contribution in [0.4, 0.5) is 5.69 Å². The number of carbonyl (C=O) groups is 2. The van der Waals surface area contributed by atoms with E-state index in [1.807, 2.05) is 0 Å². The van der Waals surface area contributed by atoms with Gasteiger partial charge in [0, 0.05) is 56.3 Å². The molecule has 3 aromatic rings. The van der Waals surface area contributed by atoms with Crippen LogP contribution in [0.2, 0.25) is 0 Å². The molecule has 10 nitrogen and oxygen atoms in total. The van der Waals surface area contributed by atoms with Crippen molar-refractivity contribution in [2.75, 3.05) is 38.7 Å². The van der Waals surface area contributed by atoms with E-state index in [9.17, 15) is 22.8 Å². The molecule has 0 saturated carbocycles. The highest BCUT2D eigenvalue weighted by Gasteiger charge is 2.27. The molecular weight excluding hydrogens is 472 g/mol. The van der Waals surface area contributed by atoms with Gasteiger partial charge in [0.2, 0.25) is 21.5 Å². The zero-order valence-electron chi connectivity index (χ0n) is 19.4. The minimum absolute atomic E-state index is 0.0245. The Balaban J connectivity index is 1.71. The highest BCUT2D eigenvalue weighted by molar-refractivity contribution is 7.89. The van der Waals surface area contributed by atoms with Crippen molar-refractivity contribution in [3.63, 3.8) is 0 Å². The molecule has 0 spiro atoms. The van der Waals surface area contributed by atoms with Crippen LogP contribution in [0.15, 0.2) is 58.2 Å². The molecule has 1 aromatic heterocycles. The summed E-state index contributed by atoms with van der Waals surface area (Å²) < 4.78 is 32.9. The van der Waals surface area contributed by atoms with E-state index >= 15 is 0 Å². The topological polar surface area (TPSA) is 129 Å². The molecule has 1 saturated heterocycles. The minimum atomic E-state index is -3.80. The maximum absolute atomic E-state index is 13.3. The Bertz CT molecular complexity index is 1440. The summed E-state index contributed by atoms with van der Waals surface area (Å²) in [5, 5.41) is 3.11. The van der Waals surface area contributed by atoms with Gasteiger partial charge < -0.3 is 19.9 Å². The largest absolute Gasteiger partial charge is 0.379 e. The first-order valence-electron chi connectivity index (χ1n) is 11.0. The van der Waals surface area contributed by atoms with Gasteiger partial charge in [-0.3, -0.25) is 14.4 Å². The van der Waals surface area contributed by atoms with Crippen LogP contribution in [-0.2, 0) is 26.1 Å². The summed E-state index contributed by atoms with van der Waals surface area (Å²) in [4.78, 5) is 41.4. The Morgan fingerprint density at radius 2 is 1.83 bits per heavy atom. The number of amides is 2. The van der Waals surface area contributed by atoms with Gasteiger partial charge in [0.1, 0.15) is 0 Å². The van der Waals surface area contributed by atoms with Crippen molar-refractivity contribution in [3.8, 4) is 0 Å². The summed E-state index contributed by atoms with van der Waals surface area (Å²) in [6, 6.07) is 12.5. The smallest absolute Gasteiger partial charge is 0.256 e. The fraction of sp³-hybridized carbons (Fsp3) is 0.292. The molecule has 2 aromatic carbocycles. The maximum Gasteiger partial charge on any atom is 0.256 e. The molecule has 0 unspecified atom stereocenters. The molecular formula is C24H26N4O6S. The fourth-order valence-electron chi connectivity index (χ4n) is 3.85. The summed E-state index contributed by atoms with van der Waals surface area (Å²) in [5.41, 5.74) is 1.08. The number of H-pyrrole nitrogens is 1. The highest BCUT2D eigenvalue weighted by atomic mass is 32.2. The molecule has 184 valence electrons. The number of anilines is 1. The highest BCUT2D eigenvalue weighted by Crippen LogP contribution is 2.25. The second-order valence-electron chi connectivity index (χ2n) is 8.26. The molecule has 2 heterocycles. The van der Waals surface area contributed by atoms with Gasteiger partial charge in [-0.1, -0.05) is 18.2 Å². The van der Waals surface area contributed by atoms with Gasteiger partial charge in [0.15, 0.2) is 0 Å². The van der Waals surface area contributed by atoms with E-state index in [1.54, 1.807) is 31.3 Å². The lowest BCUT2D eigenvalue weighted by Gasteiger charge is -2.26. The number of pyridine rings is 1. The normalized spacial score (nSPS) is 14.6. The molecule has 1 aliphatic rings. The predicted octanol–water partition coefficient (Wildman–Crippen LogP) is 1.78. The number of fused-ring (bicyclic) bond motifs is 1. The fourth-order valence-corrected chi connectivity index (χ4v) is 5.29. The summed E-state index contributed by atoms with van der Waals surface area (Å²) in [5.74, 6) is -0.694. The summed E-state index contributed by atoms with van der Waals surface area (Å²) in [6.45, 7) is 2.84. The number of morpholine rings is 1. The molecule has 0 atom stereocenters. The van der Waals surface area contributed by atoms with Crippen molar-refractivity contribution in [2.45, 2.75) is 18.4 Å². The number of nitrogens with zero attached hydrogens (tertiary/aromatic N) is 2. The summed E-state index contributed by atoms with van der Waals surface area (Å²) in [7, 11) is -2.15. The van der Waals surface area contributed by atoms with Gasteiger partial charge in [0.05, 0.1) is 23.7 Å². The maximum atomic E-state index is 13.3. The SMILES string of the molecule is CC(=O)N(C)Cc1ccccc1NC(=O)c1cc(=O)[nH]c2ccc(S(=O)(=O)N3CCOCC3)cc12. The van der Waals surface area contributed by atoms with E-state index < -0.39 is 21.5 Å². The van der Waals surface area contributed by atoms with Crippen molar-refractivity contribution in [1.29, 1.82) is 0 Å². The van der Waals surface area contributed by atoms with Gasteiger partial charge in [-0.05, 0) is 29.8 Å². The average Bonchev–Trinajstić information content (AvgIpc) is 2.84. The average molecular weight is 499 g/mol. The van der Waals surface area contributed by atoms with Crippen LogP contribution in [0.3, 0.4) is 0 Å². The van der Waals surface area contributed by atoms with Crippen molar-refractivity contribution >= 4 is 38.4 Å². The second-order valence-corrected chi connectivity index (χ2v) is 10.2. The summed E-state index contributed by atoms with van der Waals surface area (Å²) >= 11 is 0. The third kappa shape index (κ3) is 5.26. The van der Waals surface area contributed by atoms with Crippen LogP contribution >= 0.6 is 0 Å². The molecule has 11 heteroatoms. The first-order valence-corrected chi connectivity index (χ1v) is 12.5. The third-order valence-electron chi connectivity index (χ3n) is 5.88. The number of rotatable bonds is 6. The molecule has 35 heavy (non-hydrogen) atoms. The van der Waals surface area contributed by atoms with Crippen LogP contribution in [-0.4, -0.2) is 67.8 Å². The number of para-hydroxylation sites is 1. The summed E-state index contributed by atoms with van der Waals surface area (Å²) in [6.07, 6.45) is 0. The van der Waals surface area contributed by atoms with Crippen molar-refractivity contribution in [2.24, 2.45) is 0 Å². The van der Waals surface area contributed by atoms with E-state index in [0.717, 1.165) is 6.07 Å². The Morgan fingerprint density at radius 1 is 1.11 bits per heavy atom. The molecule has 1 fully saturated rings. The molecule has 1 aliphatic heterocycles. The van der Waals surface area contributed by atoms with Gasteiger partial charge in [-0.2, -0.15) is 4.31 Å². The number of aromatic nitrogens is 1. The molecule has 2 amide bonds. The molecule has 0 radical (unpaired) electrons. The number of hydrogen-bond acceptors (Lipinski definition) is 6. The van der Waals surface area contributed by atoms with Crippen molar-refractivity contribution in [3.05, 3.63) is 70.0 Å². The van der Waals surface area contributed by atoms with E-state index in [2.05, 4.69) is 10.3 Å². The number of aromatic amines is 1. The zero-order valence-corrected chi connectivity index (χ0v) is 20.2. The van der Waals surface area contributed by atoms with Crippen LogP contribution in [0.1, 0.15) is 22.8 Å². The first kappa shape index (κ1) is 24.6. The lowest BCUT2D eigenvalue weighted by Crippen LogP contribution is -2.40. The number of carbonyl (C=O) groups excluding carboxylic acids is 2. The van der Waals surface area contributed by atoms with Gasteiger partial charge in [0.25, 0.3) is 5.91 Å². The Kier molecular flexibility index (Phi) is 7.01. The Labute approximate surface area is 202 Å². The molecule has 0 bridgehead atoms. The first-order chi connectivity index (χ1) is 16.7. The monoisotopic (exact) mass is 498 g/mol. The van der Waals surface area contributed by atoms with E-state index in [4.69, 9.17) is 4.74 Å².